The molecular formula is C24H44Cl3F3N2O4. The summed E-state index contributed by atoms with van der Waals surface area (Å²) in [6.45, 7) is 9.35. The molecule has 216 valence electrons. The van der Waals surface area contributed by atoms with Gasteiger partial charge in [0.2, 0.25) is 3.79 Å². The quantitative estimate of drug-likeness (QED) is 0.311. The molecule has 2 amide bonds. The second-order valence-corrected chi connectivity index (χ2v) is 12.0. The third-order valence-corrected chi connectivity index (χ3v) is 6.53. The molecule has 2 aliphatic rings. The number of hydrogen-bond acceptors (Lipinski definition) is 4. The summed E-state index contributed by atoms with van der Waals surface area (Å²) in [6, 6.07) is 0. The van der Waals surface area contributed by atoms with Crippen LogP contribution in [0.3, 0.4) is 0 Å². The van der Waals surface area contributed by atoms with Crippen LogP contribution in [0.25, 0.3) is 0 Å². The van der Waals surface area contributed by atoms with Crippen molar-refractivity contribution in [2.45, 2.75) is 78.2 Å². The summed E-state index contributed by atoms with van der Waals surface area (Å²) in [4.78, 5) is 26.0. The van der Waals surface area contributed by atoms with E-state index in [1.165, 1.54) is 4.90 Å². The normalized spacial score (nSPS) is 17.6. The molecule has 0 aromatic carbocycles. The topological polar surface area (TPSA) is 59.1 Å². The van der Waals surface area contributed by atoms with Crippen LogP contribution < -0.4 is 0 Å². The molecule has 2 aliphatic heterocycles. The second-order valence-electron chi connectivity index (χ2n) is 9.48. The average Bonchev–Trinajstić information content (AvgIpc) is 2.75. The molecule has 0 unspecified atom stereocenters. The van der Waals surface area contributed by atoms with Crippen LogP contribution >= 0.6 is 34.8 Å². The molecule has 2 rings (SSSR count). The van der Waals surface area contributed by atoms with Crippen LogP contribution in [-0.2, 0) is 9.47 Å². The van der Waals surface area contributed by atoms with Crippen LogP contribution in [0.1, 0.15) is 68.2 Å². The minimum atomic E-state index is -4.45. The lowest BCUT2D eigenvalue weighted by Gasteiger charge is -2.33. The van der Waals surface area contributed by atoms with Gasteiger partial charge in [0.25, 0.3) is 0 Å². The van der Waals surface area contributed by atoms with Gasteiger partial charge in [0, 0.05) is 26.2 Å². The summed E-state index contributed by atoms with van der Waals surface area (Å²) in [6.07, 6.45) is -2.01. The van der Waals surface area contributed by atoms with Crippen molar-refractivity contribution in [1.29, 1.82) is 0 Å². The third-order valence-electron chi connectivity index (χ3n) is 6.20. The Morgan fingerprint density at radius 1 is 0.750 bits per heavy atom. The number of carbonyl (C=O) groups excluding carboxylic acids is 2. The van der Waals surface area contributed by atoms with Crippen LogP contribution in [0.2, 0.25) is 0 Å². The third kappa shape index (κ3) is 15.5. The lowest BCUT2D eigenvalue weighted by atomic mass is 9.87. The number of rotatable bonds is 4. The van der Waals surface area contributed by atoms with Crippen molar-refractivity contribution >= 4 is 47.0 Å². The van der Waals surface area contributed by atoms with E-state index in [2.05, 4.69) is 32.4 Å². The van der Waals surface area contributed by atoms with Crippen LogP contribution in [0.4, 0.5) is 22.8 Å². The number of hydrogen-bond donors (Lipinski definition) is 0. The predicted octanol–water partition coefficient (Wildman–Crippen LogP) is 8.19. The molecule has 2 saturated heterocycles. The molecular weight excluding hydrogens is 544 g/mol. The van der Waals surface area contributed by atoms with Crippen molar-refractivity contribution < 1.29 is 32.2 Å². The maximum absolute atomic E-state index is 11.9. The Hall–Kier alpha value is -0.800. The first-order valence-electron chi connectivity index (χ1n) is 11.6. The van der Waals surface area contributed by atoms with E-state index in [1.54, 1.807) is 4.90 Å². The molecule has 0 aliphatic carbocycles. The van der Waals surface area contributed by atoms with E-state index in [-0.39, 0.29) is 21.5 Å². The molecule has 0 aromatic heterocycles. The SMILES string of the molecule is C.C.CC(C)C1CCN(C(=O)OCC(Cl)(Cl)Cl)CC1.CC(C)C1CCN(C(=O)OCC(F)(F)F)CC1. The van der Waals surface area contributed by atoms with Gasteiger partial charge in [-0.1, -0.05) is 77.4 Å². The summed E-state index contributed by atoms with van der Waals surface area (Å²) in [5.41, 5.74) is 0. The van der Waals surface area contributed by atoms with E-state index in [4.69, 9.17) is 39.5 Å². The Morgan fingerprint density at radius 3 is 1.31 bits per heavy atom. The number of halogens is 6. The lowest BCUT2D eigenvalue weighted by Crippen LogP contribution is -2.40. The predicted molar refractivity (Wildman–Crippen MR) is 141 cm³/mol. The molecule has 12 heteroatoms. The van der Waals surface area contributed by atoms with Gasteiger partial charge < -0.3 is 19.3 Å². The minimum Gasteiger partial charge on any atom is -0.445 e. The highest BCUT2D eigenvalue weighted by Gasteiger charge is 2.32. The summed E-state index contributed by atoms with van der Waals surface area (Å²) in [7, 11) is 0. The first-order chi connectivity index (χ1) is 15.6. The molecule has 0 saturated carbocycles. The highest BCUT2D eigenvalue weighted by molar-refractivity contribution is 6.67. The minimum absolute atomic E-state index is 0. The van der Waals surface area contributed by atoms with Gasteiger partial charge in [-0.25, -0.2) is 9.59 Å². The fraction of sp³-hybridized carbons (Fsp3) is 0.917. The Labute approximate surface area is 230 Å². The maximum atomic E-state index is 11.9. The zero-order chi connectivity index (χ0) is 26.1. The Bertz CT molecular complexity index is 577. The summed E-state index contributed by atoms with van der Waals surface area (Å²) in [5, 5.41) is 0. The largest absolute Gasteiger partial charge is 0.445 e. The highest BCUT2D eigenvalue weighted by Crippen LogP contribution is 2.28. The number of ether oxygens (including phenoxy) is 2. The number of carbonyl (C=O) groups is 2. The molecule has 0 N–H and O–H groups in total. The monoisotopic (exact) mass is 586 g/mol. The molecule has 0 atom stereocenters. The van der Waals surface area contributed by atoms with Crippen molar-refractivity contribution in [1.82, 2.24) is 9.80 Å². The average molecular weight is 588 g/mol. The zero-order valence-corrected chi connectivity index (χ0v) is 22.4. The first-order valence-corrected chi connectivity index (χ1v) is 12.7. The summed E-state index contributed by atoms with van der Waals surface area (Å²) < 4.78 is 43.2. The molecule has 2 heterocycles. The molecule has 0 spiro atoms. The molecule has 0 aromatic rings. The van der Waals surface area contributed by atoms with E-state index in [0.29, 0.717) is 36.8 Å². The van der Waals surface area contributed by atoms with Crippen molar-refractivity contribution in [2.75, 3.05) is 39.4 Å². The van der Waals surface area contributed by atoms with E-state index < -0.39 is 28.8 Å². The van der Waals surface area contributed by atoms with E-state index in [1.807, 2.05) is 0 Å². The summed E-state index contributed by atoms with van der Waals surface area (Å²) in [5.74, 6) is 2.44. The van der Waals surface area contributed by atoms with Gasteiger partial charge in [-0.3, -0.25) is 0 Å². The van der Waals surface area contributed by atoms with Gasteiger partial charge >= 0.3 is 18.4 Å². The van der Waals surface area contributed by atoms with E-state index in [9.17, 15) is 22.8 Å². The summed E-state index contributed by atoms with van der Waals surface area (Å²) >= 11 is 16.5. The van der Waals surface area contributed by atoms with Crippen molar-refractivity contribution in [3.63, 3.8) is 0 Å². The molecule has 0 radical (unpaired) electrons. The van der Waals surface area contributed by atoms with Crippen LogP contribution in [-0.4, -0.2) is 71.3 Å². The molecule has 0 bridgehead atoms. The van der Waals surface area contributed by atoms with Gasteiger partial charge in [-0.15, -0.1) is 0 Å². The van der Waals surface area contributed by atoms with Gasteiger partial charge in [0.15, 0.2) is 6.61 Å². The van der Waals surface area contributed by atoms with E-state index in [0.717, 1.165) is 38.8 Å². The molecule has 2 fully saturated rings. The zero-order valence-electron chi connectivity index (χ0n) is 20.2. The standard InChI is InChI=1S/C11H18Cl3NO2.C11H18F3NO2.2CH4/c2*1-8(2)9-3-5-15(6-4-9)10(16)17-7-11(12,13)14;;/h2*8-9H,3-7H2,1-2H3;2*1H4. The van der Waals surface area contributed by atoms with Gasteiger partial charge in [0.05, 0.1) is 0 Å². The number of amides is 2. The number of piperidine rings is 2. The maximum Gasteiger partial charge on any atom is 0.422 e. The highest BCUT2D eigenvalue weighted by atomic mass is 35.6. The van der Waals surface area contributed by atoms with Crippen molar-refractivity contribution in [2.24, 2.45) is 23.7 Å². The van der Waals surface area contributed by atoms with Gasteiger partial charge in [-0.05, 0) is 49.4 Å². The van der Waals surface area contributed by atoms with E-state index >= 15 is 0 Å². The number of likely N-dealkylation sites (tertiary alicyclic amines) is 2. The first kappa shape index (κ1) is 37.4. The Morgan fingerprint density at radius 2 is 1.06 bits per heavy atom. The number of nitrogens with zero attached hydrogens (tertiary/aromatic N) is 2. The van der Waals surface area contributed by atoms with Gasteiger partial charge in [0.1, 0.15) is 6.61 Å². The smallest absolute Gasteiger partial charge is 0.422 e. The number of alkyl halides is 6. The van der Waals surface area contributed by atoms with Crippen molar-refractivity contribution in [3.8, 4) is 0 Å². The second kappa shape index (κ2) is 16.9. The van der Waals surface area contributed by atoms with Crippen molar-refractivity contribution in [3.05, 3.63) is 0 Å². The van der Waals surface area contributed by atoms with Crippen LogP contribution in [0.5, 0.6) is 0 Å². The lowest BCUT2D eigenvalue weighted by molar-refractivity contribution is -0.162. The fourth-order valence-corrected chi connectivity index (χ4v) is 4.13. The molecule has 6 nitrogen and oxygen atoms in total. The fourth-order valence-electron chi connectivity index (χ4n) is 3.97. The van der Waals surface area contributed by atoms with Crippen LogP contribution in [0, 0.1) is 23.7 Å². The Kier molecular flexibility index (Phi) is 17.6. The Balaban J connectivity index is 0. The van der Waals surface area contributed by atoms with Gasteiger partial charge in [-0.2, -0.15) is 13.2 Å². The van der Waals surface area contributed by atoms with Crippen LogP contribution in [0.15, 0.2) is 0 Å². The molecule has 36 heavy (non-hydrogen) atoms.